The first-order valence-corrected chi connectivity index (χ1v) is 8.87. The van der Waals surface area contributed by atoms with E-state index in [1.54, 1.807) is 32.9 Å². The van der Waals surface area contributed by atoms with Gasteiger partial charge in [0.25, 0.3) is 0 Å². The van der Waals surface area contributed by atoms with Gasteiger partial charge >= 0.3 is 6.09 Å². The molecular formula is C21H24F2N2O3. The maximum Gasteiger partial charge on any atom is 0.408 e. The maximum atomic E-state index is 13.7. The third kappa shape index (κ3) is 6.64. The molecule has 150 valence electrons. The summed E-state index contributed by atoms with van der Waals surface area (Å²) in [5.74, 6) is -1.35. The van der Waals surface area contributed by atoms with Crippen LogP contribution in [-0.4, -0.2) is 23.6 Å². The van der Waals surface area contributed by atoms with E-state index in [0.717, 1.165) is 0 Å². The highest BCUT2D eigenvalue weighted by molar-refractivity contribution is 5.96. The summed E-state index contributed by atoms with van der Waals surface area (Å²) in [5.41, 5.74) is 0.827. The Bertz CT molecular complexity index is 863. The molecule has 5 nitrogen and oxygen atoms in total. The lowest BCUT2D eigenvalue weighted by atomic mass is 10.0. The largest absolute Gasteiger partial charge is 0.444 e. The molecule has 28 heavy (non-hydrogen) atoms. The van der Waals surface area contributed by atoms with Crippen molar-refractivity contribution in [3.05, 3.63) is 65.2 Å². The van der Waals surface area contributed by atoms with Crippen molar-refractivity contribution in [2.45, 2.75) is 45.8 Å². The molecule has 0 saturated carbocycles. The number of amides is 2. The molecule has 2 rings (SSSR count). The standard InChI is InChI=1S/C21H24F2N2O3/c1-13(24-20(27)28-21(2,3)4)19(26)25-18-9-8-17(23)12-15(18)10-14-6-5-7-16(22)11-14/h5-9,11-13H,10H2,1-4H3,(H,24,27)(H,25,26)/t13-/m0/s1. The highest BCUT2D eigenvalue weighted by atomic mass is 19.1. The first-order valence-electron chi connectivity index (χ1n) is 8.87. The van der Waals surface area contributed by atoms with Gasteiger partial charge in [0.15, 0.2) is 0 Å². The second kappa shape index (κ2) is 8.82. The van der Waals surface area contributed by atoms with E-state index in [2.05, 4.69) is 10.6 Å². The number of alkyl carbamates (subject to hydrolysis) is 1. The van der Waals surface area contributed by atoms with Gasteiger partial charge in [0.1, 0.15) is 23.3 Å². The Kier molecular flexibility index (Phi) is 6.72. The van der Waals surface area contributed by atoms with E-state index < -0.39 is 35.3 Å². The molecule has 2 N–H and O–H groups in total. The van der Waals surface area contributed by atoms with Crippen LogP contribution in [0.2, 0.25) is 0 Å². The normalized spacial score (nSPS) is 12.2. The number of anilines is 1. The quantitative estimate of drug-likeness (QED) is 0.795. The van der Waals surface area contributed by atoms with E-state index in [4.69, 9.17) is 4.74 Å². The minimum absolute atomic E-state index is 0.235. The Hall–Kier alpha value is -2.96. The Morgan fingerprint density at radius 1 is 1.07 bits per heavy atom. The molecule has 2 aromatic carbocycles. The zero-order valence-corrected chi connectivity index (χ0v) is 16.3. The van der Waals surface area contributed by atoms with Crippen LogP contribution >= 0.6 is 0 Å². The first kappa shape index (κ1) is 21.3. The third-order valence-electron chi connectivity index (χ3n) is 3.74. The second-order valence-electron chi connectivity index (χ2n) is 7.47. The second-order valence-corrected chi connectivity index (χ2v) is 7.47. The molecule has 0 aliphatic carbocycles. The van der Waals surface area contributed by atoms with E-state index in [1.807, 2.05) is 0 Å². The Labute approximate surface area is 163 Å². The predicted molar refractivity (Wildman–Crippen MR) is 103 cm³/mol. The van der Waals surface area contributed by atoms with Crippen LogP contribution < -0.4 is 10.6 Å². The van der Waals surface area contributed by atoms with Crippen LogP contribution in [0.5, 0.6) is 0 Å². The summed E-state index contributed by atoms with van der Waals surface area (Å²) in [6.07, 6.45) is -0.479. The van der Waals surface area contributed by atoms with Crippen LogP contribution in [-0.2, 0) is 16.0 Å². The summed E-state index contributed by atoms with van der Waals surface area (Å²) < 4.78 is 32.2. The zero-order valence-electron chi connectivity index (χ0n) is 16.3. The van der Waals surface area contributed by atoms with Gasteiger partial charge in [-0.05, 0) is 75.6 Å². The fraction of sp³-hybridized carbons (Fsp3) is 0.333. The summed E-state index contributed by atoms with van der Waals surface area (Å²) in [7, 11) is 0. The molecule has 0 bridgehead atoms. The van der Waals surface area contributed by atoms with Crippen LogP contribution in [0, 0.1) is 11.6 Å². The van der Waals surface area contributed by atoms with Gasteiger partial charge in [-0.1, -0.05) is 12.1 Å². The van der Waals surface area contributed by atoms with Gasteiger partial charge in [-0.2, -0.15) is 0 Å². The van der Waals surface area contributed by atoms with Gasteiger partial charge in [-0.3, -0.25) is 4.79 Å². The Balaban J connectivity index is 2.10. The number of benzene rings is 2. The lowest BCUT2D eigenvalue weighted by Crippen LogP contribution is -2.44. The zero-order chi connectivity index (χ0) is 20.9. The number of rotatable bonds is 5. The summed E-state index contributed by atoms with van der Waals surface area (Å²) in [4.78, 5) is 24.2. The van der Waals surface area contributed by atoms with Crippen LogP contribution in [0.25, 0.3) is 0 Å². The SMILES string of the molecule is C[C@H](NC(=O)OC(C)(C)C)C(=O)Nc1ccc(F)cc1Cc1cccc(F)c1. The topological polar surface area (TPSA) is 67.4 Å². The third-order valence-corrected chi connectivity index (χ3v) is 3.74. The van der Waals surface area contributed by atoms with E-state index >= 15 is 0 Å². The Morgan fingerprint density at radius 2 is 1.75 bits per heavy atom. The molecule has 1 atom stereocenters. The molecule has 0 saturated heterocycles. The van der Waals surface area contributed by atoms with Crippen molar-refractivity contribution in [2.24, 2.45) is 0 Å². The fourth-order valence-electron chi connectivity index (χ4n) is 2.49. The molecule has 2 aromatic rings. The van der Waals surface area contributed by atoms with E-state index in [1.165, 1.54) is 37.3 Å². The number of ether oxygens (including phenoxy) is 1. The van der Waals surface area contributed by atoms with Crippen molar-refractivity contribution in [3.8, 4) is 0 Å². The molecule has 0 aliphatic rings. The summed E-state index contributed by atoms with van der Waals surface area (Å²) in [5, 5.41) is 5.12. The van der Waals surface area contributed by atoms with Gasteiger partial charge in [0.05, 0.1) is 0 Å². The van der Waals surface area contributed by atoms with E-state index in [9.17, 15) is 18.4 Å². The number of carbonyl (C=O) groups excluding carboxylic acids is 2. The van der Waals surface area contributed by atoms with Crippen molar-refractivity contribution < 1.29 is 23.1 Å². The summed E-state index contributed by atoms with van der Waals surface area (Å²) in [6, 6.07) is 9.01. The lowest BCUT2D eigenvalue weighted by molar-refractivity contribution is -0.117. The van der Waals surface area contributed by atoms with Gasteiger partial charge in [-0.15, -0.1) is 0 Å². The number of hydrogen-bond donors (Lipinski definition) is 2. The van der Waals surface area contributed by atoms with E-state index in [0.29, 0.717) is 16.8 Å². The van der Waals surface area contributed by atoms with Crippen molar-refractivity contribution in [2.75, 3.05) is 5.32 Å². The molecule has 0 spiro atoms. The van der Waals surface area contributed by atoms with Crippen molar-refractivity contribution >= 4 is 17.7 Å². The molecule has 0 aromatic heterocycles. The summed E-state index contributed by atoms with van der Waals surface area (Å²) in [6.45, 7) is 6.66. The molecule has 0 heterocycles. The van der Waals surface area contributed by atoms with Crippen LogP contribution in [0.3, 0.4) is 0 Å². The number of carbonyl (C=O) groups is 2. The minimum atomic E-state index is -0.873. The first-order chi connectivity index (χ1) is 13.0. The molecule has 0 aliphatic heterocycles. The van der Waals surface area contributed by atoms with Crippen molar-refractivity contribution in [3.63, 3.8) is 0 Å². The molecule has 2 amide bonds. The number of halogens is 2. The van der Waals surface area contributed by atoms with Crippen LogP contribution in [0.15, 0.2) is 42.5 Å². The van der Waals surface area contributed by atoms with Crippen LogP contribution in [0.1, 0.15) is 38.8 Å². The summed E-state index contributed by atoms with van der Waals surface area (Å²) >= 11 is 0. The number of hydrogen-bond acceptors (Lipinski definition) is 3. The molecule has 0 radical (unpaired) electrons. The molecular weight excluding hydrogens is 366 g/mol. The Morgan fingerprint density at radius 3 is 2.39 bits per heavy atom. The van der Waals surface area contributed by atoms with Gasteiger partial charge in [0.2, 0.25) is 5.91 Å². The maximum absolute atomic E-state index is 13.7. The average molecular weight is 390 g/mol. The van der Waals surface area contributed by atoms with Crippen molar-refractivity contribution in [1.82, 2.24) is 5.32 Å². The predicted octanol–water partition coefficient (Wildman–Crippen LogP) is 4.41. The van der Waals surface area contributed by atoms with Gasteiger partial charge in [-0.25, -0.2) is 13.6 Å². The monoisotopic (exact) mass is 390 g/mol. The molecule has 0 unspecified atom stereocenters. The molecule has 0 fully saturated rings. The average Bonchev–Trinajstić information content (AvgIpc) is 2.55. The van der Waals surface area contributed by atoms with Gasteiger partial charge < -0.3 is 15.4 Å². The van der Waals surface area contributed by atoms with E-state index in [-0.39, 0.29) is 6.42 Å². The lowest BCUT2D eigenvalue weighted by Gasteiger charge is -2.22. The fourth-order valence-corrected chi connectivity index (χ4v) is 2.49. The molecule has 7 heteroatoms. The smallest absolute Gasteiger partial charge is 0.408 e. The highest BCUT2D eigenvalue weighted by Crippen LogP contribution is 2.21. The van der Waals surface area contributed by atoms with Crippen molar-refractivity contribution in [1.29, 1.82) is 0 Å². The number of nitrogens with one attached hydrogen (secondary N) is 2. The highest BCUT2D eigenvalue weighted by Gasteiger charge is 2.21. The van der Waals surface area contributed by atoms with Gasteiger partial charge in [0, 0.05) is 5.69 Å². The minimum Gasteiger partial charge on any atom is -0.444 e. The van der Waals surface area contributed by atoms with Crippen LogP contribution in [0.4, 0.5) is 19.3 Å².